The van der Waals surface area contributed by atoms with Crippen molar-refractivity contribution in [3.63, 3.8) is 0 Å². The fourth-order valence-corrected chi connectivity index (χ4v) is 1.72. The Hall–Kier alpha value is -0.390. The minimum Gasteiger partial charge on any atom is -0.313 e. The summed E-state index contributed by atoms with van der Waals surface area (Å²) < 4.78 is 0. The number of thiol groups is 1. The first kappa shape index (κ1) is 10.7. The van der Waals surface area contributed by atoms with Crippen molar-refractivity contribution in [1.82, 2.24) is 10.2 Å². The molecule has 4 nitrogen and oxygen atoms in total. The van der Waals surface area contributed by atoms with Crippen LogP contribution in [0.3, 0.4) is 0 Å². The molecule has 0 radical (unpaired) electrons. The van der Waals surface area contributed by atoms with Gasteiger partial charge in [0.25, 0.3) is 0 Å². The first-order chi connectivity index (χ1) is 6.11. The lowest BCUT2D eigenvalue weighted by Crippen LogP contribution is -2.55. The molecule has 0 aromatic carbocycles. The fraction of sp³-hybridized carbons (Fsp3) is 0.750. The smallest absolute Gasteiger partial charge is 0.204 e. The van der Waals surface area contributed by atoms with Crippen LogP contribution in [0.2, 0.25) is 0 Å². The van der Waals surface area contributed by atoms with Crippen molar-refractivity contribution in [2.75, 3.05) is 26.2 Å². The number of hydrogen-bond acceptors (Lipinski definition) is 4. The quantitative estimate of drug-likeness (QED) is 0.595. The minimum absolute atomic E-state index is 0.0847. The molecule has 1 aliphatic rings. The van der Waals surface area contributed by atoms with Gasteiger partial charge in [-0.3, -0.25) is 14.5 Å². The zero-order chi connectivity index (χ0) is 9.84. The number of piperazine rings is 1. The van der Waals surface area contributed by atoms with Crippen LogP contribution in [0.1, 0.15) is 6.92 Å². The van der Waals surface area contributed by atoms with Gasteiger partial charge in [-0.25, -0.2) is 0 Å². The van der Waals surface area contributed by atoms with Gasteiger partial charge in [-0.05, 0) is 6.92 Å². The number of carbonyl (C=O) groups is 2. The number of nitrogens with one attached hydrogen (secondary N) is 1. The Balaban J connectivity index is 2.56. The van der Waals surface area contributed by atoms with E-state index in [4.69, 9.17) is 0 Å². The van der Waals surface area contributed by atoms with Crippen molar-refractivity contribution in [2.24, 2.45) is 0 Å². The van der Waals surface area contributed by atoms with E-state index in [9.17, 15) is 9.59 Å². The molecule has 1 heterocycles. The minimum atomic E-state index is -0.249. The molecule has 0 aromatic heterocycles. The monoisotopic (exact) mass is 202 g/mol. The van der Waals surface area contributed by atoms with Gasteiger partial charge in [0, 0.05) is 19.6 Å². The summed E-state index contributed by atoms with van der Waals surface area (Å²) in [6.45, 7) is 4.03. The van der Waals surface area contributed by atoms with Crippen LogP contribution in [0.25, 0.3) is 0 Å². The third-order valence-corrected chi connectivity index (χ3v) is 2.36. The van der Waals surface area contributed by atoms with Crippen molar-refractivity contribution < 1.29 is 9.59 Å². The van der Waals surface area contributed by atoms with Gasteiger partial charge < -0.3 is 5.32 Å². The van der Waals surface area contributed by atoms with Crippen molar-refractivity contribution in [3.05, 3.63) is 0 Å². The van der Waals surface area contributed by atoms with E-state index in [0.29, 0.717) is 13.1 Å². The molecule has 13 heavy (non-hydrogen) atoms. The molecule has 0 amide bonds. The summed E-state index contributed by atoms with van der Waals surface area (Å²) in [5.41, 5.74) is 0. The first-order valence-corrected chi connectivity index (χ1v) is 4.73. The maximum atomic E-state index is 11.1. The lowest BCUT2D eigenvalue weighted by atomic mass is 10.2. The maximum Gasteiger partial charge on any atom is 0.204 e. The zero-order valence-electron chi connectivity index (χ0n) is 7.62. The van der Waals surface area contributed by atoms with E-state index in [1.165, 1.54) is 6.92 Å². The molecule has 1 rings (SSSR count). The third kappa shape index (κ3) is 3.10. The molecule has 5 heteroatoms. The third-order valence-electron chi connectivity index (χ3n) is 2.07. The Bertz CT molecular complexity index is 220. The van der Waals surface area contributed by atoms with Crippen LogP contribution < -0.4 is 5.32 Å². The highest BCUT2D eigenvalue weighted by atomic mass is 32.1. The van der Waals surface area contributed by atoms with Gasteiger partial charge in [-0.1, -0.05) is 0 Å². The van der Waals surface area contributed by atoms with E-state index in [-0.39, 0.29) is 16.9 Å². The van der Waals surface area contributed by atoms with Crippen molar-refractivity contribution in [3.8, 4) is 0 Å². The van der Waals surface area contributed by atoms with Crippen LogP contribution >= 0.6 is 12.6 Å². The number of ketones is 1. The van der Waals surface area contributed by atoms with E-state index in [2.05, 4.69) is 17.9 Å². The Morgan fingerprint density at radius 1 is 1.62 bits per heavy atom. The van der Waals surface area contributed by atoms with Crippen molar-refractivity contribution >= 4 is 23.5 Å². The number of hydrogen-bond donors (Lipinski definition) is 2. The highest BCUT2D eigenvalue weighted by molar-refractivity contribution is 7.96. The molecule has 1 fully saturated rings. The largest absolute Gasteiger partial charge is 0.313 e. The molecule has 1 atom stereocenters. The Morgan fingerprint density at radius 3 is 2.85 bits per heavy atom. The van der Waals surface area contributed by atoms with Crippen molar-refractivity contribution in [2.45, 2.75) is 13.0 Å². The molecular weight excluding hydrogens is 188 g/mol. The molecular formula is C8H14N2O2S. The molecule has 74 valence electrons. The Labute approximate surface area is 83.1 Å². The van der Waals surface area contributed by atoms with Crippen molar-refractivity contribution in [1.29, 1.82) is 0 Å². The lowest BCUT2D eigenvalue weighted by molar-refractivity contribution is -0.121. The Morgan fingerprint density at radius 2 is 2.31 bits per heavy atom. The van der Waals surface area contributed by atoms with Crippen LogP contribution in [0.4, 0.5) is 0 Å². The van der Waals surface area contributed by atoms with Crippen LogP contribution in [0.5, 0.6) is 0 Å². The average Bonchev–Trinajstić information content (AvgIpc) is 2.03. The summed E-state index contributed by atoms with van der Waals surface area (Å²) in [6.07, 6.45) is 0. The number of Topliss-reactive ketones (excluding diaryl/α,β-unsaturated/α-hetero) is 1. The first-order valence-electron chi connectivity index (χ1n) is 4.28. The highest BCUT2D eigenvalue weighted by Gasteiger charge is 2.26. The molecule has 1 N–H and O–H groups in total. The van der Waals surface area contributed by atoms with E-state index in [1.807, 2.05) is 4.90 Å². The second-order valence-corrected chi connectivity index (χ2v) is 3.67. The predicted octanol–water partition coefficient (Wildman–Crippen LogP) is -0.694. The second kappa shape index (κ2) is 4.74. The van der Waals surface area contributed by atoms with Crippen LogP contribution in [-0.4, -0.2) is 48.0 Å². The molecule has 0 bridgehead atoms. The van der Waals surface area contributed by atoms with E-state index < -0.39 is 0 Å². The number of rotatable bonds is 3. The topological polar surface area (TPSA) is 49.4 Å². The van der Waals surface area contributed by atoms with Gasteiger partial charge in [0.05, 0.1) is 12.6 Å². The summed E-state index contributed by atoms with van der Waals surface area (Å²) in [5, 5.41) is 2.92. The predicted molar refractivity (Wildman–Crippen MR) is 52.9 cm³/mol. The summed E-state index contributed by atoms with van der Waals surface area (Å²) in [7, 11) is 0. The van der Waals surface area contributed by atoms with Crippen LogP contribution in [0, 0.1) is 0 Å². The second-order valence-electron chi connectivity index (χ2n) is 3.23. The van der Waals surface area contributed by atoms with E-state index in [1.54, 1.807) is 0 Å². The number of nitrogens with zero attached hydrogens (tertiary/aromatic N) is 1. The average molecular weight is 202 g/mol. The van der Waals surface area contributed by atoms with Gasteiger partial charge in [0.15, 0.2) is 0 Å². The molecule has 0 aliphatic carbocycles. The molecule has 1 aliphatic heterocycles. The SMILES string of the molecule is CC(=O)CN1CCNCC1C(=O)S. The molecule has 1 saturated heterocycles. The number of carbonyl (C=O) groups excluding carboxylic acids is 2. The van der Waals surface area contributed by atoms with E-state index in [0.717, 1.165) is 13.1 Å². The standard InChI is InChI=1S/C8H14N2O2S/c1-6(11)5-10-3-2-9-4-7(10)8(12)13/h7,9H,2-5H2,1H3,(H,12,13). The van der Waals surface area contributed by atoms with Crippen LogP contribution in [-0.2, 0) is 9.59 Å². The van der Waals surface area contributed by atoms with Gasteiger partial charge in [0.2, 0.25) is 5.12 Å². The van der Waals surface area contributed by atoms with Gasteiger partial charge in [-0.2, -0.15) is 0 Å². The molecule has 0 saturated carbocycles. The Kier molecular flexibility index (Phi) is 3.90. The zero-order valence-corrected chi connectivity index (χ0v) is 8.51. The summed E-state index contributed by atoms with van der Waals surface area (Å²) in [5.74, 6) is 0.0847. The molecule has 1 unspecified atom stereocenters. The normalized spacial score (nSPS) is 24.3. The van der Waals surface area contributed by atoms with Crippen LogP contribution in [0.15, 0.2) is 0 Å². The maximum absolute atomic E-state index is 11.1. The summed E-state index contributed by atoms with van der Waals surface area (Å²) in [4.78, 5) is 23.8. The molecule has 0 spiro atoms. The van der Waals surface area contributed by atoms with Gasteiger partial charge >= 0.3 is 0 Å². The van der Waals surface area contributed by atoms with Gasteiger partial charge in [0.1, 0.15) is 5.78 Å². The van der Waals surface area contributed by atoms with Gasteiger partial charge in [-0.15, -0.1) is 12.6 Å². The summed E-state index contributed by atoms with van der Waals surface area (Å²) in [6, 6.07) is -0.249. The summed E-state index contributed by atoms with van der Waals surface area (Å²) >= 11 is 3.79. The lowest BCUT2D eigenvalue weighted by Gasteiger charge is -2.33. The van der Waals surface area contributed by atoms with E-state index >= 15 is 0 Å². The molecule has 0 aromatic rings. The fourth-order valence-electron chi connectivity index (χ4n) is 1.47. The highest BCUT2D eigenvalue weighted by Crippen LogP contribution is 2.05.